The summed E-state index contributed by atoms with van der Waals surface area (Å²) in [5.74, 6) is 4.91. The Morgan fingerprint density at radius 3 is 2.45 bits per heavy atom. The van der Waals surface area contributed by atoms with Crippen molar-refractivity contribution in [3.05, 3.63) is 24.0 Å². The molecule has 0 fully saturated rings. The molecule has 0 unspecified atom stereocenters. The number of pyridine rings is 1. The van der Waals surface area contributed by atoms with E-state index >= 15 is 0 Å². The molecule has 1 aromatic rings. The molecule has 0 aliphatic heterocycles. The maximum Gasteiger partial charge on any atom is 0.246 e. The van der Waals surface area contributed by atoms with Crippen LogP contribution in [0.1, 0.15) is 5.56 Å². The molecule has 1 rings (SSSR count). The summed E-state index contributed by atoms with van der Waals surface area (Å²) in [7, 11) is -3.98. The zero-order chi connectivity index (χ0) is 15.0. The van der Waals surface area contributed by atoms with Gasteiger partial charge in [-0.2, -0.15) is 14.8 Å². The molecule has 0 aromatic carbocycles. The number of hydrogen-bond donors (Lipinski definition) is 1. The van der Waals surface area contributed by atoms with Crippen LogP contribution >= 0.6 is 0 Å². The van der Waals surface area contributed by atoms with Crippen molar-refractivity contribution < 1.29 is 13.5 Å². The highest BCUT2D eigenvalue weighted by atomic mass is 32.2. The molecule has 1 heterocycles. The van der Waals surface area contributed by atoms with Gasteiger partial charge in [0.25, 0.3) is 0 Å². The van der Waals surface area contributed by atoms with E-state index in [9.17, 15) is 8.42 Å². The monoisotopic (exact) mass is 290 g/mol. The molecule has 0 radical (unpaired) electrons. The summed E-state index contributed by atoms with van der Waals surface area (Å²) >= 11 is 0. The van der Waals surface area contributed by atoms with Gasteiger partial charge in [0, 0.05) is 18.0 Å². The Kier molecular flexibility index (Phi) is 5.64. The van der Waals surface area contributed by atoms with Crippen LogP contribution in [0.25, 0.3) is 0 Å². The van der Waals surface area contributed by atoms with Gasteiger partial charge in [0.05, 0.1) is 12.1 Å². The molecular weight excluding hydrogens is 280 g/mol. The lowest BCUT2D eigenvalue weighted by Crippen LogP contribution is -2.32. The summed E-state index contributed by atoms with van der Waals surface area (Å²) in [6.07, 6.45) is 2.46. The molecular formula is C12H10N4O3S. The maximum atomic E-state index is 12.2. The molecule has 0 aliphatic carbocycles. The van der Waals surface area contributed by atoms with Crippen molar-refractivity contribution in [2.75, 3.05) is 19.7 Å². The number of aromatic nitrogens is 1. The zero-order valence-electron chi connectivity index (χ0n) is 10.3. The fourth-order valence-corrected chi connectivity index (χ4v) is 2.53. The normalized spacial score (nSPS) is 10.2. The smallest absolute Gasteiger partial charge is 0.246 e. The summed E-state index contributed by atoms with van der Waals surface area (Å²) in [5.41, 5.74) is 0.314. The van der Waals surface area contributed by atoms with Crippen LogP contribution in [0.4, 0.5) is 0 Å². The number of rotatable bonds is 4. The first kappa shape index (κ1) is 15.6. The van der Waals surface area contributed by atoms with Gasteiger partial charge in [0.2, 0.25) is 10.0 Å². The third kappa shape index (κ3) is 3.78. The molecule has 1 N–H and O–H groups in total. The van der Waals surface area contributed by atoms with Crippen molar-refractivity contribution in [1.29, 1.82) is 10.5 Å². The summed E-state index contributed by atoms with van der Waals surface area (Å²) in [6, 6.07) is 4.65. The van der Waals surface area contributed by atoms with Gasteiger partial charge in [0.15, 0.2) is 0 Å². The second-order valence-corrected chi connectivity index (χ2v) is 5.40. The number of hydrogen-bond acceptors (Lipinski definition) is 6. The lowest BCUT2D eigenvalue weighted by Gasteiger charge is -2.15. The first-order valence-corrected chi connectivity index (χ1v) is 6.79. The summed E-state index contributed by atoms with van der Waals surface area (Å²) in [5, 5.41) is 25.8. The van der Waals surface area contributed by atoms with E-state index < -0.39 is 23.1 Å². The number of sulfonamides is 1. The van der Waals surface area contributed by atoms with E-state index in [1.54, 1.807) is 12.1 Å². The minimum Gasteiger partial charge on any atom is -0.384 e. The van der Waals surface area contributed by atoms with Crippen LogP contribution < -0.4 is 0 Å². The number of aliphatic hydroxyl groups excluding tert-OH is 1. The lowest BCUT2D eigenvalue weighted by atomic mass is 10.3. The molecule has 8 heteroatoms. The largest absolute Gasteiger partial charge is 0.384 e. The average molecular weight is 290 g/mol. The second kappa shape index (κ2) is 7.22. The zero-order valence-corrected chi connectivity index (χ0v) is 11.1. The first-order valence-electron chi connectivity index (χ1n) is 5.35. The number of nitriles is 2. The molecule has 0 saturated heterocycles. The van der Waals surface area contributed by atoms with E-state index in [1.807, 2.05) is 0 Å². The average Bonchev–Trinajstić information content (AvgIpc) is 2.45. The number of nitrogens with zero attached hydrogens (tertiary/aromatic N) is 4. The van der Waals surface area contributed by atoms with Crippen LogP contribution in [0.2, 0.25) is 0 Å². The van der Waals surface area contributed by atoms with E-state index in [0.717, 1.165) is 10.5 Å². The van der Waals surface area contributed by atoms with E-state index in [0.29, 0.717) is 5.56 Å². The summed E-state index contributed by atoms with van der Waals surface area (Å²) in [4.78, 5) is 3.59. The maximum absolute atomic E-state index is 12.2. The third-order valence-electron chi connectivity index (χ3n) is 2.16. The third-order valence-corrected chi connectivity index (χ3v) is 3.91. The fourth-order valence-electron chi connectivity index (χ4n) is 1.30. The summed E-state index contributed by atoms with van der Waals surface area (Å²) < 4.78 is 25.2. The van der Waals surface area contributed by atoms with Crippen LogP contribution in [0.15, 0.2) is 23.4 Å². The highest BCUT2D eigenvalue weighted by molar-refractivity contribution is 7.89. The Morgan fingerprint density at radius 1 is 1.25 bits per heavy atom. The Labute approximate surface area is 116 Å². The van der Waals surface area contributed by atoms with Crippen LogP contribution in [0.3, 0.4) is 0 Å². The van der Waals surface area contributed by atoms with Crippen molar-refractivity contribution in [1.82, 2.24) is 9.29 Å². The molecule has 0 bridgehead atoms. The molecule has 0 spiro atoms. The molecule has 7 nitrogen and oxygen atoms in total. The van der Waals surface area contributed by atoms with Crippen LogP contribution in [0.5, 0.6) is 0 Å². The Bertz CT molecular complexity index is 704. The highest BCUT2D eigenvalue weighted by Crippen LogP contribution is 2.15. The minimum atomic E-state index is -3.98. The van der Waals surface area contributed by atoms with Crippen molar-refractivity contribution in [3.8, 4) is 24.0 Å². The SMILES string of the molecule is N#CCN(CC#N)S(=O)(=O)c1cncc(C#CCO)c1. The van der Waals surface area contributed by atoms with Gasteiger partial charge in [-0.05, 0) is 6.07 Å². The lowest BCUT2D eigenvalue weighted by molar-refractivity contribution is 0.350. The molecule has 0 amide bonds. The van der Waals surface area contributed by atoms with Gasteiger partial charge in [-0.25, -0.2) is 8.42 Å². The van der Waals surface area contributed by atoms with Gasteiger partial charge in [-0.15, -0.1) is 0 Å². The Hall–Kier alpha value is -2.44. The minimum absolute atomic E-state index is 0.160. The van der Waals surface area contributed by atoms with Gasteiger partial charge in [-0.1, -0.05) is 11.8 Å². The molecule has 102 valence electrons. The predicted molar refractivity (Wildman–Crippen MR) is 68.2 cm³/mol. The standard InChI is InChI=1S/C12H10N4O3S/c13-3-5-16(6-4-14)20(18,19)12-8-11(2-1-7-17)9-15-10-12/h8-10,17H,5-7H2. The Morgan fingerprint density at radius 2 is 1.90 bits per heavy atom. The van der Waals surface area contributed by atoms with Gasteiger partial charge in [-0.3, -0.25) is 4.98 Å². The molecule has 0 saturated carbocycles. The van der Waals surface area contributed by atoms with Crippen LogP contribution in [-0.2, 0) is 10.0 Å². The fraction of sp³-hybridized carbons (Fsp3) is 0.250. The van der Waals surface area contributed by atoms with Gasteiger partial charge in [0.1, 0.15) is 24.6 Å². The van der Waals surface area contributed by atoms with E-state index in [4.69, 9.17) is 15.6 Å². The van der Waals surface area contributed by atoms with Crippen LogP contribution in [0, 0.1) is 34.5 Å². The van der Waals surface area contributed by atoms with Gasteiger partial charge < -0.3 is 5.11 Å². The van der Waals surface area contributed by atoms with Crippen molar-refractivity contribution >= 4 is 10.0 Å². The Balaban J connectivity index is 3.21. The molecule has 1 aromatic heterocycles. The number of aliphatic hydroxyl groups is 1. The highest BCUT2D eigenvalue weighted by Gasteiger charge is 2.24. The van der Waals surface area contributed by atoms with Crippen LogP contribution in [-0.4, -0.2) is 42.5 Å². The second-order valence-electron chi connectivity index (χ2n) is 3.46. The van der Waals surface area contributed by atoms with Gasteiger partial charge >= 0.3 is 0 Å². The molecule has 0 atom stereocenters. The quantitative estimate of drug-likeness (QED) is 0.588. The van der Waals surface area contributed by atoms with Crippen molar-refractivity contribution in [2.24, 2.45) is 0 Å². The predicted octanol–water partition coefficient (Wildman–Crippen LogP) is -0.537. The topological polar surface area (TPSA) is 118 Å². The molecule has 0 aliphatic rings. The van der Waals surface area contributed by atoms with E-state index in [-0.39, 0.29) is 11.5 Å². The first-order chi connectivity index (χ1) is 9.56. The van der Waals surface area contributed by atoms with E-state index in [2.05, 4.69) is 16.8 Å². The van der Waals surface area contributed by atoms with E-state index in [1.165, 1.54) is 12.3 Å². The van der Waals surface area contributed by atoms with Crippen molar-refractivity contribution in [3.63, 3.8) is 0 Å². The molecule has 20 heavy (non-hydrogen) atoms. The summed E-state index contributed by atoms with van der Waals surface area (Å²) in [6.45, 7) is -1.21. The van der Waals surface area contributed by atoms with Crippen molar-refractivity contribution in [2.45, 2.75) is 4.90 Å².